The zero-order valence-corrected chi connectivity index (χ0v) is 40.2. The molecule has 316 valence electrons. The van der Waals surface area contributed by atoms with E-state index in [9.17, 15) is 10.5 Å². The molecule has 2 atom stereocenters. The Kier molecular flexibility index (Phi) is 11.5. The van der Waals surface area contributed by atoms with E-state index in [0.29, 0.717) is 17.0 Å². The third-order valence-corrected chi connectivity index (χ3v) is 24.8. The van der Waals surface area contributed by atoms with Crippen LogP contribution in [-0.4, -0.2) is 21.9 Å². The number of rotatable bonds is 7. The molecule has 0 unspecified atom stereocenters. The van der Waals surface area contributed by atoms with E-state index < -0.39 is 33.5 Å². The highest BCUT2D eigenvalue weighted by Gasteiger charge is 2.61. The van der Waals surface area contributed by atoms with E-state index >= 15 is 0 Å². The van der Waals surface area contributed by atoms with Gasteiger partial charge in [0.2, 0.25) is 8.07 Å². The van der Waals surface area contributed by atoms with Crippen molar-refractivity contribution < 1.29 is 0 Å². The summed E-state index contributed by atoms with van der Waals surface area (Å²) in [4.78, 5) is 5.72. The Balaban J connectivity index is 1.62. The average Bonchev–Trinajstić information content (AvgIpc) is 3.57. The summed E-state index contributed by atoms with van der Waals surface area (Å²) < 4.78 is 0. The summed E-state index contributed by atoms with van der Waals surface area (Å²) in [6.07, 6.45) is 0. The van der Waals surface area contributed by atoms with Crippen LogP contribution < -0.4 is 26.5 Å². The lowest BCUT2D eigenvalue weighted by molar-refractivity contribution is 0.362. The predicted molar refractivity (Wildman–Crippen MR) is 270 cm³/mol. The van der Waals surface area contributed by atoms with Crippen LogP contribution in [0.2, 0.25) is 10.1 Å². The quantitative estimate of drug-likeness (QED) is 0.128. The number of aryl methyl sites for hydroxylation is 2. The predicted octanol–water partition coefficient (Wildman–Crippen LogP) is 10.3. The van der Waals surface area contributed by atoms with Crippen molar-refractivity contribution in [1.29, 1.82) is 10.5 Å². The zero-order valence-electron chi connectivity index (χ0n) is 38.2. The van der Waals surface area contributed by atoms with E-state index in [0.717, 1.165) is 33.0 Å². The minimum atomic E-state index is -3.28. The van der Waals surface area contributed by atoms with Gasteiger partial charge < -0.3 is 5.73 Å². The van der Waals surface area contributed by atoms with Gasteiger partial charge in [-0.05, 0) is 61.0 Å². The van der Waals surface area contributed by atoms with Gasteiger partial charge in [0.1, 0.15) is 6.04 Å². The van der Waals surface area contributed by atoms with Crippen LogP contribution >= 0.6 is 0 Å². The van der Waals surface area contributed by atoms with Crippen molar-refractivity contribution in [3.63, 3.8) is 0 Å². The fourth-order valence-corrected chi connectivity index (χ4v) is 21.0. The average molecular weight is 865 g/mol. The fraction of sp³-hybridized carbons (Fsp3) is 0.224. The molecule has 6 aromatic rings. The summed E-state index contributed by atoms with van der Waals surface area (Å²) in [7, 11) is -6.29. The molecule has 1 heterocycles. The van der Waals surface area contributed by atoms with Gasteiger partial charge in [0.05, 0.1) is 23.4 Å². The van der Waals surface area contributed by atoms with E-state index in [4.69, 9.17) is 10.7 Å². The molecule has 0 amide bonds. The van der Waals surface area contributed by atoms with Gasteiger partial charge in [-0.25, -0.2) is 0 Å². The van der Waals surface area contributed by atoms with Crippen LogP contribution in [0.25, 0.3) is 0 Å². The first-order valence-corrected chi connectivity index (χ1v) is 26.2. The van der Waals surface area contributed by atoms with Gasteiger partial charge in [-0.3, -0.25) is 4.99 Å². The lowest BCUT2D eigenvalue weighted by Gasteiger charge is -2.46. The monoisotopic (exact) mass is 864 g/mol. The molecule has 2 N–H and O–H groups in total. The maximum absolute atomic E-state index is 11.6. The minimum absolute atomic E-state index is 0.263. The Morgan fingerprint density at radius 1 is 0.547 bits per heavy atom. The molecule has 0 saturated carbocycles. The number of benzene rings is 6. The van der Waals surface area contributed by atoms with Gasteiger partial charge in [-0.1, -0.05) is 228 Å². The second-order valence-corrected chi connectivity index (χ2v) is 28.6. The van der Waals surface area contributed by atoms with Gasteiger partial charge >= 0.3 is 0 Å². The summed E-state index contributed by atoms with van der Waals surface area (Å²) in [6.45, 7) is 18.1. The van der Waals surface area contributed by atoms with Crippen molar-refractivity contribution in [3.05, 3.63) is 214 Å². The highest BCUT2D eigenvalue weighted by molar-refractivity contribution is 7.11. The van der Waals surface area contributed by atoms with E-state index in [-0.39, 0.29) is 10.1 Å². The molecule has 0 saturated heterocycles. The number of allylic oxidation sites excluding steroid dienone is 3. The second-order valence-electron chi connectivity index (χ2n) is 19.5. The van der Waals surface area contributed by atoms with E-state index in [1.54, 1.807) is 0 Å². The van der Waals surface area contributed by atoms with Gasteiger partial charge in [-0.15, -0.1) is 5.54 Å². The SMILES string of the molecule is Cc1ccc([C@@H]2N=C3C(C#C[Si](c4ccccc4)(c4ccccc4)C(C)(C)C)=C([Si](c4ccccc4)(c4ccccc4)C(C)(C)C)C(N)=C3[C@@H](c3ccc(C)cc3)C2(C#N)C#N)cc1. The number of fused-ring (bicyclic) bond motifs is 1. The molecule has 6 aromatic carbocycles. The largest absolute Gasteiger partial charge is 0.398 e. The molecule has 2 aliphatic rings. The first-order chi connectivity index (χ1) is 30.7. The van der Waals surface area contributed by atoms with Crippen LogP contribution in [-0.2, 0) is 0 Å². The Labute approximate surface area is 382 Å². The minimum Gasteiger partial charge on any atom is -0.398 e. The molecule has 0 aromatic heterocycles. The third kappa shape index (κ3) is 6.92. The standard InChI is InChI=1S/C58H56N4Si2/c1-41-29-33-43(34-30-41)51-50-52(61)54(64(57(6,7)8,47-25-17-11-18-26-47)48-27-19-12-20-28-48)49(53(50)62-55(58(51,39-59)40-60)44-35-31-42(2)32-36-44)37-38-63(56(3,4)5,45-21-13-9-14-22-45)46-23-15-10-16-24-46/h9-36,51,55H,61H2,1-8H3/t51-,55+/m1/s1. The van der Waals surface area contributed by atoms with Gasteiger partial charge in [0.15, 0.2) is 13.5 Å². The molecule has 0 radical (unpaired) electrons. The molecule has 0 fully saturated rings. The topological polar surface area (TPSA) is 86.0 Å². The van der Waals surface area contributed by atoms with Gasteiger partial charge in [0.25, 0.3) is 0 Å². The first-order valence-electron chi connectivity index (χ1n) is 22.2. The Morgan fingerprint density at radius 3 is 1.34 bits per heavy atom. The molecular weight excluding hydrogens is 809 g/mol. The van der Waals surface area contributed by atoms with E-state index in [1.165, 1.54) is 20.7 Å². The second kappa shape index (κ2) is 16.7. The summed E-state index contributed by atoms with van der Waals surface area (Å²) in [5, 5.41) is 28.4. The summed E-state index contributed by atoms with van der Waals surface area (Å²) in [5.41, 5.74) is 17.1. The molecule has 1 aliphatic heterocycles. The zero-order chi connectivity index (χ0) is 45.5. The highest BCUT2D eigenvalue weighted by Crippen LogP contribution is 2.59. The van der Waals surface area contributed by atoms with Crippen molar-refractivity contribution in [2.24, 2.45) is 16.1 Å². The number of aliphatic imine (C=N–C) groups is 1. The van der Waals surface area contributed by atoms with Crippen molar-refractivity contribution >= 4 is 42.6 Å². The number of hydrogen-bond donors (Lipinski definition) is 1. The molecule has 0 bridgehead atoms. The number of nitrogens with zero attached hydrogens (tertiary/aromatic N) is 3. The van der Waals surface area contributed by atoms with Crippen LogP contribution in [0, 0.1) is 53.4 Å². The molecular formula is C58H56N4Si2. The van der Waals surface area contributed by atoms with Crippen molar-refractivity contribution in [3.8, 4) is 23.6 Å². The van der Waals surface area contributed by atoms with Crippen molar-refractivity contribution in [1.82, 2.24) is 0 Å². The van der Waals surface area contributed by atoms with Crippen LogP contribution in [0.4, 0.5) is 0 Å². The molecule has 4 nitrogen and oxygen atoms in total. The smallest absolute Gasteiger partial charge is 0.204 e. The van der Waals surface area contributed by atoms with Crippen LogP contribution in [0.15, 0.2) is 197 Å². The lowest BCUT2D eigenvalue weighted by Crippen LogP contribution is -2.66. The molecule has 0 spiro atoms. The van der Waals surface area contributed by atoms with Gasteiger partial charge in [-0.2, -0.15) is 10.5 Å². The van der Waals surface area contributed by atoms with Crippen molar-refractivity contribution in [2.45, 2.75) is 77.4 Å². The van der Waals surface area contributed by atoms with Gasteiger partial charge in [0, 0.05) is 17.2 Å². The number of nitrogens with two attached hydrogens (primary N) is 1. The Hall–Kier alpha value is -6.76. The van der Waals surface area contributed by atoms with Crippen LogP contribution in [0.1, 0.15) is 75.8 Å². The Morgan fingerprint density at radius 2 is 0.953 bits per heavy atom. The maximum atomic E-state index is 11.6. The van der Waals surface area contributed by atoms with Crippen LogP contribution in [0.3, 0.4) is 0 Å². The summed E-state index contributed by atoms with van der Waals surface area (Å²) in [6, 6.07) is 64.1. The third-order valence-electron chi connectivity index (χ3n) is 13.7. The summed E-state index contributed by atoms with van der Waals surface area (Å²) >= 11 is 0. The fourth-order valence-electron chi connectivity index (χ4n) is 10.7. The summed E-state index contributed by atoms with van der Waals surface area (Å²) in [5.74, 6) is 3.31. The first kappa shape index (κ1) is 43.9. The molecule has 64 heavy (non-hydrogen) atoms. The molecule has 6 heteroatoms. The van der Waals surface area contributed by atoms with Crippen LogP contribution in [0.5, 0.6) is 0 Å². The number of nitriles is 2. The van der Waals surface area contributed by atoms with Crippen molar-refractivity contribution in [2.75, 3.05) is 0 Å². The normalized spacial score (nSPS) is 17.4. The lowest BCUT2D eigenvalue weighted by atomic mass is 9.62. The highest BCUT2D eigenvalue weighted by atomic mass is 28.3. The van der Waals surface area contributed by atoms with E-state index in [1.807, 2.05) is 31.2 Å². The molecule has 1 aliphatic carbocycles. The maximum Gasteiger partial charge on any atom is 0.204 e. The number of hydrogen-bond acceptors (Lipinski definition) is 4. The molecule has 8 rings (SSSR count). The Bertz CT molecular complexity index is 2840. The van der Waals surface area contributed by atoms with E-state index in [2.05, 4.69) is 218 Å².